The van der Waals surface area contributed by atoms with Gasteiger partial charge in [-0.25, -0.2) is 4.39 Å². The minimum absolute atomic E-state index is 0.315. The molecule has 3 nitrogen and oxygen atoms in total. The molecule has 2 aromatic carbocycles. The van der Waals surface area contributed by atoms with Crippen molar-refractivity contribution in [2.24, 2.45) is 0 Å². The molecule has 0 amide bonds. The monoisotopic (exact) mass is 344 g/mol. The van der Waals surface area contributed by atoms with Gasteiger partial charge in [0.15, 0.2) is 0 Å². The Hall–Kier alpha value is -1.78. The van der Waals surface area contributed by atoms with Crippen molar-refractivity contribution in [3.8, 4) is 16.9 Å². The van der Waals surface area contributed by atoms with E-state index in [0.29, 0.717) is 23.6 Å². The summed E-state index contributed by atoms with van der Waals surface area (Å²) in [7, 11) is 0. The minimum atomic E-state index is -0.315. The summed E-state index contributed by atoms with van der Waals surface area (Å²) in [4.78, 5) is 2.52. The molecule has 3 heterocycles. The van der Waals surface area contributed by atoms with Gasteiger partial charge in [-0.2, -0.15) is 0 Å². The molecule has 0 unspecified atom stereocenters. The zero-order valence-corrected chi connectivity index (χ0v) is 13.9. The van der Waals surface area contributed by atoms with Gasteiger partial charge in [-0.15, -0.1) is 0 Å². The van der Waals surface area contributed by atoms with Gasteiger partial charge in [0.05, 0.1) is 17.3 Å². The van der Waals surface area contributed by atoms with Gasteiger partial charge in [-0.1, -0.05) is 11.6 Å². The van der Waals surface area contributed by atoms with E-state index in [4.69, 9.17) is 16.3 Å². The number of nitrogens with one attached hydrogen (secondary N) is 1. The van der Waals surface area contributed by atoms with Crippen molar-refractivity contribution in [1.82, 2.24) is 5.32 Å². The second-order valence-corrected chi connectivity index (χ2v) is 7.15. The lowest BCUT2D eigenvalue weighted by Crippen LogP contribution is -2.46. The first kappa shape index (κ1) is 14.6. The maximum atomic E-state index is 13.4. The Kier molecular flexibility index (Phi) is 3.25. The molecule has 0 radical (unpaired) electrons. The Labute approximate surface area is 145 Å². The lowest BCUT2D eigenvalue weighted by molar-refractivity contribution is 0.295. The van der Waals surface area contributed by atoms with Gasteiger partial charge >= 0.3 is 0 Å². The average molecular weight is 345 g/mol. The highest BCUT2D eigenvalue weighted by molar-refractivity contribution is 6.33. The lowest BCUT2D eigenvalue weighted by Gasteiger charge is -2.36. The number of ether oxygens (including phenoxy) is 1. The third kappa shape index (κ3) is 2.06. The van der Waals surface area contributed by atoms with Crippen molar-refractivity contribution in [1.29, 1.82) is 0 Å². The van der Waals surface area contributed by atoms with E-state index in [1.807, 2.05) is 0 Å². The molecule has 124 valence electrons. The fourth-order valence-corrected chi connectivity index (χ4v) is 4.72. The van der Waals surface area contributed by atoms with E-state index < -0.39 is 0 Å². The molecular formula is C19H18ClFN2O. The van der Waals surface area contributed by atoms with Crippen LogP contribution in [0.25, 0.3) is 11.1 Å². The number of anilines is 1. The Morgan fingerprint density at radius 2 is 2.17 bits per heavy atom. The highest BCUT2D eigenvalue weighted by Gasteiger charge is 2.43. The molecule has 0 spiro atoms. The van der Waals surface area contributed by atoms with Crippen molar-refractivity contribution in [3.05, 3.63) is 46.7 Å². The van der Waals surface area contributed by atoms with Crippen LogP contribution in [0, 0.1) is 5.82 Å². The number of hydrogen-bond donors (Lipinski definition) is 1. The SMILES string of the molecule is Fc1ccc(-c2cc3c4c(c2)[C@@H]2CNCC[C@@H]2N4CCO3)c(Cl)c1. The van der Waals surface area contributed by atoms with Crippen molar-refractivity contribution in [2.45, 2.75) is 18.4 Å². The maximum Gasteiger partial charge on any atom is 0.143 e. The Morgan fingerprint density at radius 3 is 3.04 bits per heavy atom. The molecule has 5 heteroatoms. The fraction of sp³-hybridized carbons (Fsp3) is 0.368. The number of benzene rings is 2. The molecule has 1 N–H and O–H groups in total. The van der Waals surface area contributed by atoms with Gasteiger partial charge in [0.25, 0.3) is 0 Å². The van der Waals surface area contributed by atoms with Crippen molar-refractivity contribution >= 4 is 17.3 Å². The Balaban J connectivity index is 1.68. The van der Waals surface area contributed by atoms with Gasteiger partial charge in [0.1, 0.15) is 18.2 Å². The average Bonchev–Trinajstić information content (AvgIpc) is 2.91. The highest BCUT2D eigenvalue weighted by atomic mass is 35.5. The molecule has 2 aromatic rings. The van der Waals surface area contributed by atoms with Crippen LogP contribution in [-0.2, 0) is 0 Å². The number of rotatable bonds is 1. The summed E-state index contributed by atoms with van der Waals surface area (Å²) in [6.07, 6.45) is 1.16. The summed E-state index contributed by atoms with van der Waals surface area (Å²) in [5.74, 6) is 1.10. The molecule has 24 heavy (non-hydrogen) atoms. The van der Waals surface area contributed by atoms with Gasteiger partial charge in [-0.05, 0) is 54.4 Å². The number of nitrogens with zero attached hydrogens (tertiary/aromatic N) is 1. The smallest absolute Gasteiger partial charge is 0.143 e. The zero-order chi connectivity index (χ0) is 16.3. The van der Waals surface area contributed by atoms with Crippen molar-refractivity contribution in [2.75, 3.05) is 31.1 Å². The summed E-state index contributed by atoms with van der Waals surface area (Å²) >= 11 is 6.29. The summed E-state index contributed by atoms with van der Waals surface area (Å²) in [6, 6.07) is 9.40. The van der Waals surface area contributed by atoms with Gasteiger partial charge < -0.3 is 15.0 Å². The molecule has 5 rings (SSSR count). The van der Waals surface area contributed by atoms with Crippen LogP contribution in [-0.4, -0.2) is 32.3 Å². The number of halogens is 2. The molecule has 0 saturated carbocycles. The van der Waals surface area contributed by atoms with Crippen LogP contribution in [0.5, 0.6) is 5.75 Å². The molecule has 1 fully saturated rings. The van der Waals surface area contributed by atoms with Crippen LogP contribution < -0.4 is 15.0 Å². The largest absolute Gasteiger partial charge is 0.490 e. The number of hydrogen-bond acceptors (Lipinski definition) is 3. The Morgan fingerprint density at radius 1 is 1.25 bits per heavy atom. The van der Waals surface area contributed by atoms with Crippen molar-refractivity contribution in [3.63, 3.8) is 0 Å². The van der Waals surface area contributed by atoms with E-state index in [1.165, 1.54) is 23.4 Å². The second-order valence-electron chi connectivity index (χ2n) is 6.74. The van der Waals surface area contributed by atoms with E-state index in [1.54, 1.807) is 6.07 Å². The minimum Gasteiger partial charge on any atom is -0.490 e. The van der Waals surface area contributed by atoms with Crippen LogP contribution in [0.15, 0.2) is 30.3 Å². The number of fused-ring (bicyclic) bond motifs is 3. The van der Waals surface area contributed by atoms with Gasteiger partial charge in [0, 0.05) is 24.1 Å². The molecular weight excluding hydrogens is 327 g/mol. The summed E-state index contributed by atoms with van der Waals surface area (Å²) < 4.78 is 19.4. The first-order valence-corrected chi connectivity index (χ1v) is 8.84. The zero-order valence-electron chi connectivity index (χ0n) is 13.2. The van der Waals surface area contributed by atoms with Crippen LogP contribution in [0.4, 0.5) is 10.1 Å². The first-order chi connectivity index (χ1) is 11.7. The standard InChI is InChI=1S/C19H18ClFN2O/c20-16-9-12(21)1-2-13(16)11-7-14-15-10-22-4-3-17(15)23-5-6-24-18(8-11)19(14)23/h1-2,7-9,15,17,22H,3-6,10H2/t15-,17-/m0/s1. The molecule has 0 aromatic heterocycles. The van der Waals surface area contributed by atoms with Crippen molar-refractivity contribution < 1.29 is 9.13 Å². The fourth-order valence-electron chi connectivity index (χ4n) is 4.44. The van der Waals surface area contributed by atoms with E-state index in [2.05, 4.69) is 22.3 Å². The third-order valence-electron chi connectivity index (χ3n) is 5.47. The summed E-state index contributed by atoms with van der Waals surface area (Å²) in [5, 5.41) is 3.95. The highest BCUT2D eigenvalue weighted by Crippen LogP contribution is 2.51. The van der Waals surface area contributed by atoms with Crippen LogP contribution in [0.2, 0.25) is 5.02 Å². The summed E-state index contributed by atoms with van der Waals surface area (Å²) in [6.45, 7) is 3.73. The van der Waals surface area contributed by atoms with Crippen LogP contribution >= 0.6 is 11.6 Å². The quantitative estimate of drug-likeness (QED) is 0.851. The first-order valence-electron chi connectivity index (χ1n) is 8.46. The van der Waals surface area contributed by atoms with Crippen LogP contribution in [0.1, 0.15) is 17.9 Å². The van der Waals surface area contributed by atoms with E-state index in [-0.39, 0.29) is 5.82 Å². The topological polar surface area (TPSA) is 24.5 Å². The molecule has 3 aliphatic heterocycles. The second kappa shape index (κ2) is 5.36. The third-order valence-corrected chi connectivity index (χ3v) is 5.78. The maximum absolute atomic E-state index is 13.4. The predicted octanol–water partition coefficient (Wildman–Crippen LogP) is 3.80. The van der Waals surface area contributed by atoms with E-state index in [0.717, 1.165) is 42.9 Å². The summed E-state index contributed by atoms with van der Waals surface area (Å²) in [5.41, 5.74) is 4.44. The number of piperidine rings is 1. The molecule has 0 bridgehead atoms. The lowest BCUT2D eigenvalue weighted by atomic mass is 9.88. The van der Waals surface area contributed by atoms with Gasteiger partial charge in [0.2, 0.25) is 0 Å². The normalized spacial score (nSPS) is 24.3. The Bertz CT molecular complexity index is 825. The molecule has 2 atom stereocenters. The van der Waals surface area contributed by atoms with Crippen LogP contribution in [0.3, 0.4) is 0 Å². The molecule has 1 saturated heterocycles. The van der Waals surface area contributed by atoms with E-state index in [9.17, 15) is 4.39 Å². The molecule has 0 aliphatic carbocycles. The molecule has 3 aliphatic rings. The predicted molar refractivity (Wildman–Crippen MR) is 93.7 cm³/mol. The van der Waals surface area contributed by atoms with Gasteiger partial charge in [-0.3, -0.25) is 0 Å². The van der Waals surface area contributed by atoms with E-state index >= 15 is 0 Å².